The van der Waals surface area contributed by atoms with Crippen LogP contribution >= 0.6 is 0 Å². The molecule has 1 aromatic rings. The molecule has 0 fully saturated rings. The number of amides is 2. The van der Waals surface area contributed by atoms with E-state index in [-0.39, 0.29) is 30.2 Å². The van der Waals surface area contributed by atoms with E-state index in [9.17, 15) is 19.2 Å². The van der Waals surface area contributed by atoms with Crippen LogP contribution in [0.15, 0.2) is 30.3 Å². The summed E-state index contributed by atoms with van der Waals surface area (Å²) in [5.74, 6) is -0.589. The van der Waals surface area contributed by atoms with Gasteiger partial charge in [-0.3, -0.25) is 9.59 Å². The Hall–Kier alpha value is -1.70. The summed E-state index contributed by atoms with van der Waals surface area (Å²) in [4.78, 5) is 47.4. The maximum atomic E-state index is 12.4. The summed E-state index contributed by atoms with van der Waals surface area (Å²) < 4.78 is 0. The van der Waals surface area contributed by atoms with Gasteiger partial charge in [-0.05, 0) is 31.9 Å². The summed E-state index contributed by atoms with van der Waals surface area (Å²) in [5.41, 5.74) is -0.276. The molecule has 25 heavy (non-hydrogen) atoms. The molecule has 0 spiro atoms. The first-order valence-electron chi connectivity index (χ1n) is 8.81. The predicted molar refractivity (Wildman–Crippen MR) is 100 cm³/mol. The van der Waals surface area contributed by atoms with E-state index in [0.717, 1.165) is 0 Å². The normalized spacial score (nSPS) is 12.8. The summed E-state index contributed by atoms with van der Waals surface area (Å²) in [6.07, 6.45) is 0.0747. The van der Waals surface area contributed by atoms with Crippen molar-refractivity contribution in [2.24, 2.45) is 5.92 Å². The molecule has 0 bridgehead atoms. The third kappa shape index (κ3) is 6.26. The van der Waals surface area contributed by atoms with Crippen LogP contribution in [0.25, 0.3) is 0 Å². The molecule has 7 heteroatoms. The number of carbonyl (C=O) groups excluding carboxylic acids is 2. The third-order valence-corrected chi connectivity index (χ3v) is 7.10. The smallest absolute Gasteiger partial charge is 0.356 e. The van der Waals surface area contributed by atoms with E-state index in [0.29, 0.717) is 18.7 Å². The van der Waals surface area contributed by atoms with Crippen molar-refractivity contribution in [1.29, 1.82) is 0 Å². The second-order valence-electron chi connectivity index (χ2n) is 6.51. The highest BCUT2D eigenvalue weighted by molar-refractivity contribution is 6.67. The molecule has 0 heterocycles. The standard InChI is InChI=1S/C18H30N2O4Si/c1-5-20(6-2)16(21)12-13-25(23,24)18(14(3)4)19-17(22)15-10-8-7-9-11-15/h7-11,14,18,23-24H,5-6,12-13H2,1-4H3,(H,19,22). The van der Waals surface area contributed by atoms with Crippen molar-refractivity contribution >= 4 is 20.4 Å². The topological polar surface area (TPSA) is 89.9 Å². The number of nitrogens with one attached hydrogen (secondary N) is 1. The average Bonchev–Trinajstić information content (AvgIpc) is 2.59. The third-order valence-electron chi connectivity index (χ3n) is 4.31. The minimum absolute atomic E-state index is 0.000248. The summed E-state index contributed by atoms with van der Waals surface area (Å²) in [5, 5.41) is 2.75. The van der Waals surface area contributed by atoms with E-state index in [1.807, 2.05) is 33.8 Å². The first-order chi connectivity index (χ1) is 11.7. The zero-order valence-electron chi connectivity index (χ0n) is 15.5. The van der Waals surface area contributed by atoms with Crippen LogP contribution in [0.4, 0.5) is 0 Å². The first-order valence-corrected chi connectivity index (χ1v) is 11.0. The lowest BCUT2D eigenvalue weighted by Crippen LogP contribution is -2.60. The van der Waals surface area contributed by atoms with Crippen molar-refractivity contribution in [2.75, 3.05) is 13.1 Å². The second kappa shape index (κ2) is 9.70. The molecule has 1 rings (SSSR count). The number of benzene rings is 1. The molecular weight excluding hydrogens is 336 g/mol. The predicted octanol–water partition coefficient (Wildman–Crippen LogP) is 1.67. The van der Waals surface area contributed by atoms with Gasteiger partial charge in [0.1, 0.15) is 0 Å². The summed E-state index contributed by atoms with van der Waals surface area (Å²) in [6, 6.07) is 8.67. The molecule has 1 atom stereocenters. The van der Waals surface area contributed by atoms with Gasteiger partial charge in [0.25, 0.3) is 5.91 Å². The zero-order valence-corrected chi connectivity index (χ0v) is 16.5. The van der Waals surface area contributed by atoms with Crippen LogP contribution < -0.4 is 5.32 Å². The number of rotatable bonds is 9. The van der Waals surface area contributed by atoms with E-state index in [1.165, 1.54) is 0 Å². The molecule has 0 aliphatic heterocycles. The van der Waals surface area contributed by atoms with E-state index in [2.05, 4.69) is 5.32 Å². The van der Waals surface area contributed by atoms with Gasteiger partial charge in [-0.2, -0.15) is 0 Å². The van der Waals surface area contributed by atoms with E-state index in [1.54, 1.807) is 29.2 Å². The maximum absolute atomic E-state index is 12.4. The monoisotopic (exact) mass is 366 g/mol. The minimum Gasteiger partial charge on any atom is -0.409 e. The molecule has 0 aromatic heterocycles. The first kappa shape index (κ1) is 21.3. The fourth-order valence-corrected chi connectivity index (χ4v) is 5.13. The largest absolute Gasteiger partial charge is 0.409 e. The Labute approximate surface area is 151 Å². The molecule has 2 amide bonds. The Balaban J connectivity index is 2.78. The van der Waals surface area contributed by atoms with Gasteiger partial charge >= 0.3 is 8.56 Å². The summed E-state index contributed by atoms with van der Waals surface area (Å²) in [6.45, 7) is 8.63. The van der Waals surface area contributed by atoms with Crippen LogP contribution in [-0.4, -0.2) is 53.6 Å². The van der Waals surface area contributed by atoms with E-state index < -0.39 is 14.2 Å². The molecular formula is C18H30N2O4Si. The Morgan fingerprint density at radius 2 is 1.68 bits per heavy atom. The molecule has 1 aromatic carbocycles. The Morgan fingerprint density at radius 1 is 1.12 bits per heavy atom. The maximum Gasteiger partial charge on any atom is 0.356 e. The lowest BCUT2D eigenvalue weighted by molar-refractivity contribution is -0.130. The number of hydrogen-bond donors (Lipinski definition) is 3. The minimum atomic E-state index is -3.81. The van der Waals surface area contributed by atoms with Gasteiger partial charge in [0.2, 0.25) is 5.91 Å². The van der Waals surface area contributed by atoms with Crippen LogP contribution in [0.2, 0.25) is 6.04 Å². The fourth-order valence-electron chi connectivity index (χ4n) is 2.81. The van der Waals surface area contributed by atoms with Crippen LogP contribution in [0.3, 0.4) is 0 Å². The van der Waals surface area contributed by atoms with Gasteiger partial charge in [-0.15, -0.1) is 0 Å². The zero-order chi connectivity index (χ0) is 19.0. The number of hydrogen-bond acceptors (Lipinski definition) is 4. The molecule has 1 unspecified atom stereocenters. The van der Waals surface area contributed by atoms with Crippen LogP contribution in [0.5, 0.6) is 0 Å². The molecule has 0 saturated carbocycles. The van der Waals surface area contributed by atoms with Crippen molar-refractivity contribution in [3.05, 3.63) is 35.9 Å². The highest BCUT2D eigenvalue weighted by Crippen LogP contribution is 2.19. The lowest BCUT2D eigenvalue weighted by atomic mass is 10.2. The van der Waals surface area contributed by atoms with E-state index >= 15 is 0 Å². The van der Waals surface area contributed by atoms with Gasteiger partial charge in [-0.1, -0.05) is 32.0 Å². The number of carbonyl (C=O) groups is 2. The number of nitrogens with zero attached hydrogens (tertiary/aromatic N) is 1. The van der Waals surface area contributed by atoms with E-state index in [4.69, 9.17) is 0 Å². The molecule has 0 saturated heterocycles. The quantitative estimate of drug-likeness (QED) is 0.580. The average molecular weight is 367 g/mol. The summed E-state index contributed by atoms with van der Waals surface area (Å²) >= 11 is 0. The fraction of sp³-hybridized carbons (Fsp3) is 0.556. The van der Waals surface area contributed by atoms with Crippen molar-refractivity contribution in [1.82, 2.24) is 10.2 Å². The van der Waals surface area contributed by atoms with Gasteiger partial charge < -0.3 is 19.8 Å². The molecule has 0 radical (unpaired) electrons. The lowest BCUT2D eigenvalue weighted by Gasteiger charge is -2.32. The van der Waals surface area contributed by atoms with Crippen LogP contribution in [-0.2, 0) is 4.79 Å². The summed E-state index contributed by atoms with van der Waals surface area (Å²) in [7, 11) is -3.81. The Kier molecular flexibility index (Phi) is 8.28. The van der Waals surface area contributed by atoms with Gasteiger partial charge in [0.05, 0.1) is 5.67 Å². The Bertz CT molecular complexity index is 559. The van der Waals surface area contributed by atoms with Gasteiger partial charge in [0, 0.05) is 31.1 Å². The van der Waals surface area contributed by atoms with Crippen LogP contribution in [0.1, 0.15) is 44.5 Å². The molecule has 0 aliphatic rings. The molecule has 140 valence electrons. The second-order valence-corrected chi connectivity index (χ2v) is 9.38. The highest BCUT2D eigenvalue weighted by atomic mass is 28.4. The van der Waals surface area contributed by atoms with Crippen molar-refractivity contribution in [3.8, 4) is 0 Å². The van der Waals surface area contributed by atoms with Crippen molar-refractivity contribution in [2.45, 2.75) is 45.8 Å². The van der Waals surface area contributed by atoms with Gasteiger partial charge in [-0.25, -0.2) is 0 Å². The Morgan fingerprint density at radius 3 is 2.16 bits per heavy atom. The molecule has 3 N–H and O–H groups in total. The van der Waals surface area contributed by atoms with Crippen molar-refractivity contribution < 1.29 is 19.2 Å². The van der Waals surface area contributed by atoms with Crippen molar-refractivity contribution in [3.63, 3.8) is 0 Å². The SMILES string of the molecule is CCN(CC)C(=O)CC[Si](O)(O)C(NC(=O)c1ccccc1)C(C)C. The molecule has 6 nitrogen and oxygen atoms in total. The van der Waals surface area contributed by atoms with Crippen LogP contribution in [0, 0.1) is 5.92 Å². The highest BCUT2D eigenvalue weighted by Gasteiger charge is 2.43. The molecule has 0 aliphatic carbocycles. The van der Waals surface area contributed by atoms with Gasteiger partial charge in [0.15, 0.2) is 0 Å².